The number of pyridine rings is 1. The minimum Gasteiger partial charge on any atom is -0.371 e. The average Bonchev–Trinajstić information content (AvgIpc) is 2.68. The number of ether oxygens (including phenoxy) is 1. The molecule has 0 N–H and O–H groups in total. The van der Waals surface area contributed by atoms with Crippen molar-refractivity contribution in [1.29, 1.82) is 0 Å². The first-order chi connectivity index (χ1) is 7.85. The van der Waals surface area contributed by atoms with Gasteiger partial charge in [0.15, 0.2) is 0 Å². The molecular formula is C12H15ClN2O. The highest BCUT2D eigenvalue weighted by Gasteiger charge is 2.34. The molecule has 2 unspecified atom stereocenters. The lowest BCUT2D eigenvalue weighted by Gasteiger charge is -2.33. The molecular weight excluding hydrogens is 224 g/mol. The third-order valence-electron chi connectivity index (χ3n) is 3.30. The van der Waals surface area contributed by atoms with Crippen LogP contribution in [-0.4, -0.2) is 30.3 Å². The summed E-state index contributed by atoms with van der Waals surface area (Å²) in [6.07, 6.45) is 3.19. The maximum Gasteiger partial charge on any atom is 0.129 e. The fourth-order valence-corrected chi connectivity index (χ4v) is 2.67. The highest BCUT2D eigenvalue weighted by Crippen LogP contribution is 2.28. The van der Waals surface area contributed by atoms with Crippen LogP contribution in [0.5, 0.6) is 0 Å². The molecule has 86 valence electrons. The molecule has 3 heterocycles. The van der Waals surface area contributed by atoms with Gasteiger partial charge in [0.1, 0.15) is 5.82 Å². The summed E-state index contributed by atoms with van der Waals surface area (Å²) in [6.45, 7) is 1.93. The van der Waals surface area contributed by atoms with Gasteiger partial charge in [0.2, 0.25) is 0 Å². The molecule has 0 radical (unpaired) electrons. The summed E-state index contributed by atoms with van der Waals surface area (Å²) < 4.78 is 5.81. The van der Waals surface area contributed by atoms with E-state index < -0.39 is 0 Å². The van der Waals surface area contributed by atoms with Crippen molar-refractivity contribution in [2.24, 2.45) is 0 Å². The number of rotatable bonds is 2. The second kappa shape index (κ2) is 4.22. The summed E-state index contributed by atoms with van der Waals surface area (Å²) in [6, 6.07) is 6.05. The minimum absolute atomic E-state index is 0.403. The number of anilines is 1. The Hall–Kier alpha value is -0.800. The standard InChI is InChI=1S/C12H15ClN2O/c13-6-9-2-1-3-12(14-9)15-7-10-4-5-11(8-15)16-10/h1-3,10-11H,4-8H2. The molecule has 2 bridgehead atoms. The maximum absolute atomic E-state index is 5.81. The Balaban J connectivity index is 1.81. The zero-order chi connectivity index (χ0) is 11.0. The summed E-state index contributed by atoms with van der Waals surface area (Å²) in [5.41, 5.74) is 0.943. The fourth-order valence-electron chi connectivity index (χ4n) is 2.52. The van der Waals surface area contributed by atoms with E-state index >= 15 is 0 Å². The van der Waals surface area contributed by atoms with E-state index in [9.17, 15) is 0 Å². The van der Waals surface area contributed by atoms with Crippen molar-refractivity contribution in [2.45, 2.75) is 30.9 Å². The van der Waals surface area contributed by atoms with Gasteiger partial charge in [-0.25, -0.2) is 4.98 Å². The zero-order valence-electron chi connectivity index (χ0n) is 9.10. The van der Waals surface area contributed by atoms with Gasteiger partial charge in [-0.1, -0.05) is 6.07 Å². The summed E-state index contributed by atoms with van der Waals surface area (Å²) in [5.74, 6) is 1.52. The second-order valence-corrected chi connectivity index (χ2v) is 4.75. The predicted molar refractivity (Wildman–Crippen MR) is 63.9 cm³/mol. The Morgan fingerprint density at radius 2 is 2.06 bits per heavy atom. The number of hydrogen-bond donors (Lipinski definition) is 0. The van der Waals surface area contributed by atoms with Crippen molar-refractivity contribution >= 4 is 17.4 Å². The van der Waals surface area contributed by atoms with Gasteiger partial charge in [0.25, 0.3) is 0 Å². The molecule has 2 saturated heterocycles. The van der Waals surface area contributed by atoms with Crippen molar-refractivity contribution in [3.8, 4) is 0 Å². The number of aromatic nitrogens is 1. The van der Waals surface area contributed by atoms with Gasteiger partial charge >= 0.3 is 0 Å². The Morgan fingerprint density at radius 1 is 1.31 bits per heavy atom. The molecule has 0 amide bonds. The van der Waals surface area contributed by atoms with Crippen LogP contribution in [0.3, 0.4) is 0 Å². The largest absolute Gasteiger partial charge is 0.371 e. The van der Waals surface area contributed by atoms with Crippen molar-refractivity contribution in [2.75, 3.05) is 18.0 Å². The maximum atomic E-state index is 5.81. The second-order valence-electron chi connectivity index (χ2n) is 4.48. The number of hydrogen-bond acceptors (Lipinski definition) is 3. The van der Waals surface area contributed by atoms with Crippen LogP contribution in [-0.2, 0) is 10.6 Å². The quantitative estimate of drug-likeness (QED) is 0.739. The number of morpholine rings is 1. The van der Waals surface area contributed by atoms with E-state index in [1.807, 2.05) is 12.1 Å². The molecule has 2 fully saturated rings. The third kappa shape index (κ3) is 1.89. The van der Waals surface area contributed by atoms with E-state index in [0.29, 0.717) is 18.1 Å². The first-order valence-corrected chi connectivity index (χ1v) is 6.31. The highest BCUT2D eigenvalue weighted by molar-refractivity contribution is 6.16. The first kappa shape index (κ1) is 10.4. The molecule has 1 aromatic rings. The van der Waals surface area contributed by atoms with Crippen LogP contribution in [0, 0.1) is 0 Å². The lowest BCUT2D eigenvalue weighted by molar-refractivity contribution is 0.0302. The summed E-state index contributed by atoms with van der Waals surface area (Å²) in [4.78, 5) is 6.87. The zero-order valence-corrected chi connectivity index (χ0v) is 9.86. The van der Waals surface area contributed by atoms with Gasteiger partial charge in [-0.3, -0.25) is 0 Å². The normalized spacial score (nSPS) is 28.4. The van der Waals surface area contributed by atoms with Gasteiger partial charge < -0.3 is 9.64 Å². The van der Waals surface area contributed by atoms with Gasteiger partial charge in [0, 0.05) is 13.1 Å². The molecule has 2 atom stereocenters. The van der Waals surface area contributed by atoms with Crippen LogP contribution < -0.4 is 4.90 Å². The fraction of sp³-hybridized carbons (Fsp3) is 0.583. The summed E-state index contributed by atoms with van der Waals surface area (Å²) in [5, 5.41) is 0. The molecule has 1 aromatic heterocycles. The molecule has 0 aromatic carbocycles. The molecule has 3 nitrogen and oxygen atoms in total. The van der Waals surface area contributed by atoms with Crippen molar-refractivity contribution < 1.29 is 4.74 Å². The van der Waals surface area contributed by atoms with Crippen molar-refractivity contribution in [1.82, 2.24) is 4.98 Å². The van der Waals surface area contributed by atoms with E-state index in [1.165, 1.54) is 12.8 Å². The molecule has 4 heteroatoms. The lowest BCUT2D eigenvalue weighted by Crippen LogP contribution is -2.43. The molecule has 16 heavy (non-hydrogen) atoms. The highest BCUT2D eigenvalue weighted by atomic mass is 35.5. The predicted octanol–water partition coefficient (Wildman–Crippen LogP) is 2.19. The van der Waals surface area contributed by atoms with E-state index in [1.54, 1.807) is 0 Å². The Morgan fingerprint density at radius 3 is 2.75 bits per heavy atom. The first-order valence-electron chi connectivity index (χ1n) is 5.77. The summed E-state index contributed by atoms with van der Waals surface area (Å²) in [7, 11) is 0. The van der Waals surface area contributed by atoms with Gasteiger partial charge in [-0.2, -0.15) is 0 Å². The Labute approximate surface area is 100 Å². The van der Waals surface area contributed by atoms with E-state index in [4.69, 9.17) is 16.3 Å². The molecule has 0 spiro atoms. The van der Waals surface area contributed by atoms with Gasteiger partial charge in [-0.05, 0) is 25.0 Å². The average molecular weight is 239 g/mol. The number of fused-ring (bicyclic) bond motifs is 2. The van der Waals surface area contributed by atoms with Crippen LogP contribution in [0.25, 0.3) is 0 Å². The van der Waals surface area contributed by atoms with E-state index in [2.05, 4.69) is 16.0 Å². The molecule has 3 rings (SSSR count). The number of halogens is 1. The monoisotopic (exact) mass is 238 g/mol. The topological polar surface area (TPSA) is 25.4 Å². The SMILES string of the molecule is ClCc1cccc(N2CC3CCC(C2)O3)n1. The van der Waals surface area contributed by atoms with Crippen LogP contribution >= 0.6 is 11.6 Å². The molecule has 2 aliphatic heterocycles. The molecule has 0 saturated carbocycles. The number of nitrogens with zero attached hydrogens (tertiary/aromatic N) is 2. The lowest BCUT2D eigenvalue weighted by atomic mass is 10.2. The minimum atomic E-state index is 0.403. The summed E-state index contributed by atoms with van der Waals surface area (Å²) >= 11 is 5.80. The van der Waals surface area contributed by atoms with Crippen LogP contribution in [0.15, 0.2) is 18.2 Å². The smallest absolute Gasteiger partial charge is 0.129 e. The van der Waals surface area contributed by atoms with Crippen molar-refractivity contribution in [3.63, 3.8) is 0 Å². The number of alkyl halides is 1. The third-order valence-corrected chi connectivity index (χ3v) is 3.57. The van der Waals surface area contributed by atoms with Gasteiger partial charge in [0.05, 0.1) is 23.8 Å². The van der Waals surface area contributed by atoms with E-state index in [0.717, 1.165) is 24.6 Å². The molecule has 0 aliphatic carbocycles. The molecule has 2 aliphatic rings. The van der Waals surface area contributed by atoms with Crippen LogP contribution in [0.4, 0.5) is 5.82 Å². The Kier molecular flexibility index (Phi) is 2.74. The van der Waals surface area contributed by atoms with Crippen LogP contribution in [0.2, 0.25) is 0 Å². The van der Waals surface area contributed by atoms with Crippen LogP contribution in [0.1, 0.15) is 18.5 Å². The van der Waals surface area contributed by atoms with E-state index in [-0.39, 0.29) is 0 Å². The Bertz CT molecular complexity index is 373. The van der Waals surface area contributed by atoms with Crippen molar-refractivity contribution in [3.05, 3.63) is 23.9 Å². The van der Waals surface area contributed by atoms with Gasteiger partial charge in [-0.15, -0.1) is 11.6 Å².